The molecule has 6 nitrogen and oxygen atoms in total. The van der Waals surface area contributed by atoms with Gasteiger partial charge in [-0.1, -0.05) is 58.7 Å². The molecule has 1 saturated heterocycles. The number of hydrogen-bond donors (Lipinski definition) is 1. The van der Waals surface area contributed by atoms with E-state index >= 15 is 0 Å². The number of halogens is 1. The fourth-order valence-electron chi connectivity index (χ4n) is 4.33. The summed E-state index contributed by atoms with van der Waals surface area (Å²) in [6.45, 7) is 5.59. The monoisotopic (exact) mass is 480 g/mol. The van der Waals surface area contributed by atoms with E-state index in [1.807, 2.05) is 48.5 Å². The lowest BCUT2D eigenvalue weighted by atomic mass is 9.94. The highest BCUT2D eigenvalue weighted by Crippen LogP contribution is 2.38. The molecule has 2 atom stereocenters. The first-order valence-electron chi connectivity index (χ1n) is 11.1. The van der Waals surface area contributed by atoms with E-state index in [9.17, 15) is 0 Å². The summed E-state index contributed by atoms with van der Waals surface area (Å²) in [5.74, 6) is 1.02. The Bertz CT molecular complexity index is 1180. The van der Waals surface area contributed by atoms with Gasteiger partial charge in [0.2, 0.25) is 5.82 Å². The summed E-state index contributed by atoms with van der Waals surface area (Å²) in [6, 6.07) is 15.6. The van der Waals surface area contributed by atoms with Crippen LogP contribution in [0, 0.1) is 6.92 Å². The smallest absolute Gasteiger partial charge is 0.258 e. The summed E-state index contributed by atoms with van der Waals surface area (Å²) >= 11 is 11.9. The molecule has 2 aliphatic rings. The first-order chi connectivity index (χ1) is 16.0. The summed E-state index contributed by atoms with van der Waals surface area (Å²) in [4.78, 5) is 6.85. The van der Waals surface area contributed by atoms with E-state index in [0.29, 0.717) is 28.4 Å². The van der Waals surface area contributed by atoms with E-state index in [-0.39, 0.29) is 12.1 Å². The topological polar surface area (TPSA) is 63.4 Å². The lowest BCUT2D eigenvalue weighted by molar-refractivity contribution is 0.0962. The van der Waals surface area contributed by atoms with Gasteiger partial charge in [-0.15, -0.1) is 0 Å². The zero-order chi connectivity index (χ0) is 22.9. The van der Waals surface area contributed by atoms with Crippen LogP contribution < -0.4 is 5.32 Å². The second kappa shape index (κ2) is 9.25. The lowest BCUT2D eigenvalue weighted by Crippen LogP contribution is -2.48. The number of rotatable bonds is 5. The first kappa shape index (κ1) is 22.1. The van der Waals surface area contributed by atoms with Crippen molar-refractivity contribution >= 4 is 34.5 Å². The van der Waals surface area contributed by atoms with E-state index in [0.717, 1.165) is 41.8 Å². The van der Waals surface area contributed by atoms with Gasteiger partial charge in [0.05, 0.1) is 24.3 Å². The molecule has 0 amide bonds. The SMILES string of the molecule is CC1=C(c2nc(-c3ccc(C)cc3)no2)C(c2ccc(Cl)cc2)NC(=S)N1CC1CCCO1. The van der Waals surface area contributed by atoms with Crippen molar-refractivity contribution in [1.29, 1.82) is 0 Å². The van der Waals surface area contributed by atoms with Gasteiger partial charge < -0.3 is 19.5 Å². The Morgan fingerprint density at radius 2 is 1.88 bits per heavy atom. The fourth-order valence-corrected chi connectivity index (χ4v) is 4.78. The summed E-state index contributed by atoms with van der Waals surface area (Å²) < 4.78 is 11.7. The van der Waals surface area contributed by atoms with E-state index in [2.05, 4.69) is 29.2 Å². The molecule has 8 heteroatoms. The Hall–Kier alpha value is -2.74. The van der Waals surface area contributed by atoms with E-state index in [1.54, 1.807) is 0 Å². The number of nitrogens with one attached hydrogen (secondary N) is 1. The van der Waals surface area contributed by atoms with Crippen LogP contribution in [0.1, 0.15) is 42.8 Å². The molecule has 0 saturated carbocycles. The summed E-state index contributed by atoms with van der Waals surface area (Å²) in [5.41, 5.74) is 4.98. The Morgan fingerprint density at radius 3 is 2.58 bits per heavy atom. The largest absolute Gasteiger partial charge is 0.376 e. The average Bonchev–Trinajstić information content (AvgIpc) is 3.50. The molecule has 2 unspecified atom stereocenters. The number of ether oxygens (including phenoxy) is 1. The molecule has 2 aliphatic heterocycles. The average molecular weight is 481 g/mol. The van der Waals surface area contributed by atoms with Crippen molar-refractivity contribution in [2.24, 2.45) is 0 Å². The van der Waals surface area contributed by atoms with Gasteiger partial charge in [-0.3, -0.25) is 0 Å². The van der Waals surface area contributed by atoms with Crippen LogP contribution in [0.3, 0.4) is 0 Å². The van der Waals surface area contributed by atoms with Crippen LogP contribution in [0.15, 0.2) is 58.8 Å². The molecular weight excluding hydrogens is 456 g/mol. The minimum Gasteiger partial charge on any atom is -0.376 e. The molecule has 170 valence electrons. The number of nitrogens with zero attached hydrogens (tertiary/aromatic N) is 3. The van der Waals surface area contributed by atoms with Crippen LogP contribution in [0.5, 0.6) is 0 Å². The maximum atomic E-state index is 6.14. The normalized spacial score (nSPS) is 20.9. The quantitative estimate of drug-likeness (QED) is 0.481. The van der Waals surface area contributed by atoms with Gasteiger partial charge in [-0.05, 0) is 56.6 Å². The van der Waals surface area contributed by atoms with Crippen LogP contribution in [0.25, 0.3) is 17.0 Å². The molecule has 3 aromatic rings. The van der Waals surface area contributed by atoms with Crippen LogP contribution in [0.2, 0.25) is 5.02 Å². The molecule has 1 fully saturated rings. The van der Waals surface area contributed by atoms with Crippen molar-refractivity contribution in [3.63, 3.8) is 0 Å². The predicted octanol–water partition coefficient (Wildman–Crippen LogP) is 5.54. The second-order valence-corrected chi connectivity index (χ2v) is 9.29. The lowest BCUT2D eigenvalue weighted by Gasteiger charge is -2.38. The summed E-state index contributed by atoms with van der Waals surface area (Å²) in [5, 5.41) is 9.09. The zero-order valence-electron chi connectivity index (χ0n) is 18.5. The van der Waals surface area contributed by atoms with E-state index in [4.69, 9.17) is 38.1 Å². The minimum atomic E-state index is -0.234. The third kappa shape index (κ3) is 4.53. The minimum absolute atomic E-state index is 0.152. The van der Waals surface area contributed by atoms with Crippen LogP contribution in [-0.4, -0.2) is 39.4 Å². The van der Waals surface area contributed by atoms with Gasteiger partial charge >= 0.3 is 0 Å². The second-order valence-electron chi connectivity index (χ2n) is 8.47. The number of aromatic nitrogens is 2. The number of allylic oxidation sites excluding steroid dienone is 1. The zero-order valence-corrected chi connectivity index (χ0v) is 20.1. The van der Waals surface area contributed by atoms with Crippen molar-refractivity contribution in [1.82, 2.24) is 20.4 Å². The molecule has 1 aromatic heterocycles. The molecule has 2 aromatic carbocycles. The highest BCUT2D eigenvalue weighted by molar-refractivity contribution is 7.80. The van der Waals surface area contributed by atoms with Crippen molar-refractivity contribution < 1.29 is 9.26 Å². The number of hydrogen-bond acceptors (Lipinski definition) is 5. The van der Waals surface area contributed by atoms with Gasteiger partial charge in [0.15, 0.2) is 5.11 Å². The van der Waals surface area contributed by atoms with Gasteiger partial charge in [0.1, 0.15) is 0 Å². The molecule has 0 aliphatic carbocycles. The van der Waals surface area contributed by atoms with Crippen LogP contribution >= 0.6 is 23.8 Å². The standard InChI is InChI=1S/C25H25ClN4O2S/c1-15-5-7-18(8-6-15)23-28-24(32-29-23)21-16(2)30(14-20-4-3-13-31-20)25(33)27-22(21)17-9-11-19(26)12-10-17/h5-12,20,22H,3-4,13-14H2,1-2H3,(H,27,33). The van der Waals surface area contributed by atoms with E-state index in [1.165, 1.54) is 5.56 Å². The summed E-state index contributed by atoms with van der Waals surface area (Å²) in [6.07, 6.45) is 2.25. The van der Waals surface area contributed by atoms with E-state index < -0.39 is 0 Å². The molecule has 0 radical (unpaired) electrons. The maximum absolute atomic E-state index is 6.14. The molecule has 0 bridgehead atoms. The Labute approximate surface area is 203 Å². The number of thiocarbonyl (C=S) groups is 1. The first-order valence-corrected chi connectivity index (χ1v) is 11.8. The van der Waals surface area contributed by atoms with Crippen molar-refractivity contribution in [2.45, 2.75) is 38.8 Å². The van der Waals surface area contributed by atoms with Crippen molar-refractivity contribution in [3.8, 4) is 11.4 Å². The van der Waals surface area contributed by atoms with Gasteiger partial charge in [-0.25, -0.2) is 0 Å². The highest BCUT2D eigenvalue weighted by atomic mass is 35.5. The molecule has 3 heterocycles. The molecule has 1 N–H and O–H groups in total. The highest BCUT2D eigenvalue weighted by Gasteiger charge is 2.35. The molecular formula is C25H25ClN4O2S. The molecule has 5 rings (SSSR count). The Balaban J connectivity index is 1.56. The van der Waals surface area contributed by atoms with Crippen molar-refractivity contribution in [3.05, 3.63) is 76.3 Å². The van der Waals surface area contributed by atoms with Crippen LogP contribution in [0.4, 0.5) is 0 Å². The number of aryl methyl sites for hydroxylation is 1. The predicted molar refractivity (Wildman–Crippen MR) is 133 cm³/mol. The summed E-state index contributed by atoms with van der Waals surface area (Å²) in [7, 11) is 0. The molecule has 0 spiro atoms. The van der Waals surface area contributed by atoms with Crippen molar-refractivity contribution in [2.75, 3.05) is 13.2 Å². The fraction of sp³-hybridized carbons (Fsp3) is 0.320. The molecule has 33 heavy (non-hydrogen) atoms. The maximum Gasteiger partial charge on any atom is 0.258 e. The Kier molecular flexibility index (Phi) is 6.19. The van der Waals surface area contributed by atoms with Crippen LogP contribution in [-0.2, 0) is 4.74 Å². The van der Waals surface area contributed by atoms with Gasteiger partial charge in [0.25, 0.3) is 5.89 Å². The third-order valence-electron chi connectivity index (χ3n) is 6.18. The van der Waals surface area contributed by atoms with Gasteiger partial charge in [0, 0.05) is 22.9 Å². The third-order valence-corrected chi connectivity index (χ3v) is 6.77. The number of benzene rings is 2. The Morgan fingerprint density at radius 1 is 1.12 bits per heavy atom. The van der Waals surface area contributed by atoms with Gasteiger partial charge in [-0.2, -0.15) is 4.98 Å².